The molecule has 0 aliphatic heterocycles. The highest BCUT2D eigenvalue weighted by atomic mass is 16.5. The SMILES string of the molecule is CCCOCCn1c(=O)c(NC2CCC(O)CC2)nc2cnc(-c3cncnc3)cc21. The van der Waals surface area contributed by atoms with Crippen LogP contribution in [0.15, 0.2) is 35.8 Å². The summed E-state index contributed by atoms with van der Waals surface area (Å²) in [4.78, 5) is 30.5. The third-order valence-electron chi connectivity index (χ3n) is 5.53. The smallest absolute Gasteiger partial charge is 0.293 e. The van der Waals surface area contributed by atoms with E-state index < -0.39 is 0 Å². The van der Waals surface area contributed by atoms with Gasteiger partial charge in [0.15, 0.2) is 5.82 Å². The van der Waals surface area contributed by atoms with Crippen LogP contribution in [0.4, 0.5) is 5.82 Å². The Morgan fingerprint density at radius 2 is 1.94 bits per heavy atom. The Bertz CT molecular complexity index is 1060. The minimum atomic E-state index is -0.250. The summed E-state index contributed by atoms with van der Waals surface area (Å²) in [6.07, 6.45) is 10.3. The summed E-state index contributed by atoms with van der Waals surface area (Å²) < 4.78 is 7.34. The topological polar surface area (TPSA) is 115 Å². The standard InChI is InChI=1S/C22H28N6O3/c1-2-8-31-9-7-28-20-10-18(15-11-23-14-24-12-15)25-13-19(20)27-21(22(28)30)26-16-3-5-17(29)6-4-16/h10-14,16-17,29H,2-9H2,1H3,(H,26,27). The quantitative estimate of drug-likeness (QED) is 0.530. The molecule has 1 saturated carbocycles. The first-order valence-corrected chi connectivity index (χ1v) is 10.8. The fourth-order valence-electron chi connectivity index (χ4n) is 3.87. The molecular formula is C22H28N6O3. The van der Waals surface area contributed by atoms with Crippen LogP contribution in [0.2, 0.25) is 0 Å². The van der Waals surface area contributed by atoms with E-state index in [2.05, 4.69) is 32.2 Å². The monoisotopic (exact) mass is 424 g/mol. The zero-order valence-electron chi connectivity index (χ0n) is 17.7. The third-order valence-corrected chi connectivity index (χ3v) is 5.53. The van der Waals surface area contributed by atoms with Crippen LogP contribution in [0, 0.1) is 0 Å². The molecule has 0 aromatic carbocycles. The first-order chi connectivity index (χ1) is 15.2. The van der Waals surface area contributed by atoms with Crippen LogP contribution >= 0.6 is 0 Å². The first kappa shape index (κ1) is 21.3. The normalized spacial score (nSPS) is 18.9. The number of aliphatic hydroxyl groups excluding tert-OH is 1. The molecule has 4 rings (SSSR count). The summed E-state index contributed by atoms with van der Waals surface area (Å²) in [5.74, 6) is 0.321. The van der Waals surface area contributed by atoms with Crippen molar-refractivity contribution in [1.82, 2.24) is 24.5 Å². The number of rotatable bonds is 8. The van der Waals surface area contributed by atoms with Gasteiger partial charge in [0.05, 0.1) is 30.1 Å². The lowest BCUT2D eigenvalue weighted by Crippen LogP contribution is -2.33. The van der Waals surface area contributed by atoms with Crippen LogP contribution in [-0.4, -0.2) is 55.0 Å². The largest absolute Gasteiger partial charge is 0.393 e. The van der Waals surface area contributed by atoms with E-state index in [1.54, 1.807) is 23.2 Å². The van der Waals surface area contributed by atoms with Gasteiger partial charge >= 0.3 is 0 Å². The molecule has 0 spiro atoms. The zero-order valence-corrected chi connectivity index (χ0v) is 17.7. The van der Waals surface area contributed by atoms with Crippen LogP contribution in [0.5, 0.6) is 0 Å². The number of aliphatic hydroxyl groups is 1. The highest BCUT2D eigenvalue weighted by molar-refractivity contribution is 5.80. The van der Waals surface area contributed by atoms with Gasteiger partial charge in [0.1, 0.15) is 11.8 Å². The van der Waals surface area contributed by atoms with Crippen molar-refractivity contribution >= 4 is 16.9 Å². The Morgan fingerprint density at radius 1 is 1.16 bits per heavy atom. The van der Waals surface area contributed by atoms with Gasteiger partial charge in [-0.1, -0.05) is 6.92 Å². The molecule has 0 radical (unpaired) electrons. The molecule has 31 heavy (non-hydrogen) atoms. The van der Waals surface area contributed by atoms with Crippen molar-refractivity contribution in [3.63, 3.8) is 0 Å². The molecule has 1 aliphatic rings. The number of aromatic nitrogens is 5. The molecule has 0 unspecified atom stereocenters. The van der Waals surface area contributed by atoms with Crippen molar-refractivity contribution in [2.75, 3.05) is 18.5 Å². The summed E-state index contributed by atoms with van der Waals surface area (Å²) in [7, 11) is 0. The Balaban J connectivity index is 1.70. The van der Waals surface area contributed by atoms with E-state index in [9.17, 15) is 9.90 Å². The maximum atomic E-state index is 13.3. The molecule has 1 fully saturated rings. The average molecular weight is 425 g/mol. The molecule has 0 bridgehead atoms. The van der Waals surface area contributed by atoms with Gasteiger partial charge in [-0.15, -0.1) is 0 Å². The van der Waals surface area contributed by atoms with Gasteiger partial charge in [-0.2, -0.15) is 0 Å². The number of hydrogen-bond acceptors (Lipinski definition) is 8. The Morgan fingerprint density at radius 3 is 2.68 bits per heavy atom. The number of hydrogen-bond donors (Lipinski definition) is 2. The third kappa shape index (κ3) is 5.05. The first-order valence-electron chi connectivity index (χ1n) is 10.8. The second kappa shape index (κ2) is 9.93. The molecule has 0 saturated heterocycles. The Labute approximate surface area is 180 Å². The van der Waals surface area contributed by atoms with Gasteiger partial charge in [-0.3, -0.25) is 9.78 Å². The van der Waals surface area contributed by atoms with Gasteiger partial charge in [0.2, 0.25) is 0 Å². The lowest BCUT2D eigenvalue weighted by molar-refractivity contribution is 0.125. The molecule has 3 aromatic rings. The minimum absolute atomic E-state index is 0.125. The van der Waals surface area contributed by atoms with Gasteiger partial charge in [-0.05, 0) is 38.2 Å². The second-order valence-corrected chi connectivity index (χ2v) is 7.86. The Hall–Kier alpha value is -2.91. The molecule has 0 atom stereocenters. The number of fused-ring (bicyclic) bond motifs is 1. The summed E-state index contributed by atoms with van der Waals surface area (Å²) in [5, 5.41) is 13.1. The van der Waals surface area contributed by atoms with Gasteiger partial charge in [0.25, 0.3) is 5.56 Å². The number of ether oxygens (including phenoxy) is 1. The van der Waals surface area contributed by atoms with Crippen LogP contribution in [0.1, 0.15) is 39.0 Å². The number of pyridine rings is 1. The van der Waals surface area contributed by atoms with Crippen LogP contribution < -0.4 is 10.9 Å². The second-order valence-electron chi connectivity index (χ2n) is 7.86. The maximum Gasteiger partial charge on any atom is 0.293 e. The van der Waals surface area contributed by atoms with Crippen molar-refractivity contribution in [2.24, 2.45) is 0 Å². The summed E-state index contributed by atoms with van der Waals surface area (Å²) >= 11 is 0. The lowest BCUT2D eigenvalue weighted by Gasteiger charge is -2.26. The van der Waals surface area contributed by atoms with Crippen molar-refractivity contribution in [3.8, 4) is 11.3 Å². The lowest BCUT2D eigenvalue weighted by atomic mass is 9.93. The van der Waals surface area contributed by atoms with E-state index in [0.29, 0.717) is 42.3 Å². The van der Waals surface area contributed by atoms with Crippen molar-refractivity contribution < 1.29 is 9.84 Å². The van der Waals surface area contributed by atoms with Crippen molar-refractivity contribution in [3.05, 3.63) is 41.3 Å². The minimum Gasteiger partial charge on any atom is -0.393 e. The number of anilines is 1. The predicted octanol–water partition coefficient (Wildman–Crippen LogP) is 2.39. The van der Waals surface area contributed by atoms with Crippen molar-refractivity contribution in [2.45, 2.75) is 57.7 Å². The number of nitrogens with one attached hydrogen (secondary N) is 1. The molecule has 2 N–H and O–H groups in total. The molecule has 9 heteroatoms. The van der Waals surface area contributed by atoms with Crippen LogP contribution in [-0.2, 0) is 11.3 Å². The summed E-state index contributed by atoms with van der Waals surface area (Å²) in [5.41, 5.74) is 2.60. The highest BCUT2D eigenvalue weighted by Crippen LogP contribution is 2.23. The van der Waals surface area contributed by atoms with E-state index in [1.807, 2.05) is 6.07 Å². The fraction of sp³-hybridized carbons (Fsp3) is 0.500. The molecule has 0 amide bonds. The van der Waals surface area contributed by atoms with E-state index >= 15 is 0 Å². The van der Waals surface area contributed by atoms with Crippen molar-refractivity contribution in [1.29, 1.82) is 0 Å². The molecule has 3 heterocycles. The molecule has 1 aliphatic carbocycles. The van der Waals surface area contributed by atoms with E-state index in [0.717, 1.165) is 37.7 Å². The van der Waals surface area contributed by atoms with Crippen LogP contribution in [0.25, 0.3) is 22.3 Å². The van der Waals surface area contributed by atoms with Crippen LogP contribution in [0.3, 0.4) is 0 Å². The molecular weight excluding hydrogens is 396 g/mol. The number of nitrogens with zero attached hydrogens (tertiary/aromatic N) is 5. The van der Waals surface area contributed by atoms with Gasteiger partial charge in [0, 0.05) is 37.2 Å². The predicted molar refractivity (Wildman–Crippen MR) is 118 cm³/mol. The van der Waals surface area contributed by atoms with Gasteiger partial charge in [-0.25, -0.2) is 15.0 Å². The Kier molecular flexibility index (Phi) is 6.83. The van der Waals surface area contributed by atoms with Gasteiger partial charge < -0.3 is 19.7 Å². The molecule has 9 nitrogen and oxygen atoms in total. The maximum absolute atomic E-state index is 13.3. The van der Waals surface area contributed by atoms with E-state index in [-0.39, 0.29) is 17.7 Å². The molecule has 3 aromatic heterocycles. The highest BCUT2D eigenvalue weighted by Gasteiger charge is 2.21. The zero-order chi connectivity index (χ0) is 21.6. The fourth-order valence-corrected chi connectivity index (χ4v) is 3.87. The van der Waals surface area contributed by atoms with E-state index in [4.69, 9.17) is 4.74 Å². The average Bonchev–Trinajstić information content (AvgIpc) is 2.80. The molecule has 164 valence electrons. The van der Waals surface area contributed by atoms with E-state index in [1.165, 1.54) is 6.33 Å². The summed E-state index contributed by atoms with van der Waals surface area (Å²) in [6.45, 7) is 3.57. The summed E-state index contributed by atoms with van der Waals surface area (Å²) in [6, 6.07) is 1.97.